The number of hydrogen-bond donors (Lipinski definition) is 2. The van der Waals surface area contributed by atoms with Gasteiger partial charge in [0.2, 0.25) is 0 Å². The minimum atomic E-state index is -0.758. The molecule has 6 nitrogen and oxygen atoms in total. The predicted molar refractivity (Wildman–Crippen MR) is 104 cm³/mol. The van der Waals surface area contributed by atoms with Gasteiger partial charge >= 0.3 is 0 Å². The van der Waals surface area contributed by atoms with Crippen LogP contribution in [-0.4, -0.2) is 25.0 Å². The maximum absolute atomic E-state index is 12.3. The van der Waals surface area contributed by atoms with Crippen molar-refractivity contribution in [2.75, 3.05) is 7.11 Å². The molecule has 2 rings (SSSR count). The summed E-state index contributed by atoms with van der Waals surface area (Å²) in [6.07, 6.45) is 0.213. The Morgan fingerprint density at radius 2 is 1.67 bits per heavy atom. The lowest BCUT2D eigenvalue weighted by Crippen LogP contribution is -2.47. The Bertz CT molecular complexity index is 774. The second kappa shape index (κ2) is 9.62. The average molecular weight is 370 g/mol. The number of hydrazine groups is 1. The quantitative estimate of drug-likeness (QED) is 0.732. The standard InChI is InChI=1S/C21H26N2O4/c1-5-14(2)18-8-6-7-9-19(18)27-15(3)20(24)22-23-21(25)16-10-12-17(26-4)13-11-16/h6-15H,5H2,1-4H3,(H,22,24)(H,23,25). The third kappa shape index (κ3) is 5.48. The van der Waals surface area contributed by atoms with E-state index in [0.29, 0.717) is 23.0 Å². The molecule has 0 saturated heterocycles. The molecule has 2 unspecified atom stereocenters. The summed E-state index contributed by atoms with van der Waals surface area (Å²) >= 11 is 0. The topological polar surface area (TPSA) is 76.7 Å². The molecule has 2 aromatic carbocycles. The summed E-state index contributed by atoms with van der Waals surface area (Å²) in [5.41, 5.74) is 6.26. The van der Waals surface area contributed by atoms with Gasteiger partial charge in [0.1, 0.15) is 11.5 Å². The van der Waals surface area contributed by atoms with Crippen molar-refractivity contribution in [3.63, 3.8) is 0 Å². The van der Waals surface area contributed by atoms with Gasteiger partial charge in [-0.05, 0) is 55.2 Å². The van der Waals surface area contributed by atoms with E-state index < -0.39 is 17.9 Å². The van der Waals surface area contributed by atoms with E-state index in [2.05, 4.69) is 24.7 Å². The van der Waals surface area contributed by atoms with Crippen LogP contribution in [0.4, 0.5) is 0 Å². The van der Waals surface area contributed by atoms with E-state index >= 15 is 0 Å². The first kappa shape index (κ1) is 20.3. The summed E-state index contributed by atoms with van der Waals surface area (Å²) in [6, 6.07) is 14.3. The van der Waals surface area contributed by atoms with Crippen molar-refractivity contribution in [2.24, 2.45) is 0 Å². The largest absolute Gasteiger partial charge is 0.497 e. The van der Waals surface area contributed by atoms with E-state index in [1.54, 1.807) is 38.3 Å². The molecule has 144 valence electrons. The lowest BCUT2D eigenvalue weighted by atomic mass is 9.98. The first-order chi connectivity index (χ1) is 13.0. The first-order valence-corrected chi connectivity index (χ1v) is 8.96. The zero-order chi connectivity index (χ0) is 19.8. The van der Waals surface area contributed by atoms with Crippen LogP contribution in [-0.2, 0) is 4.79 Å². The van der Waals surface area contributed by atoms with Crippen LogP contribution in [0, 0.1) is 0 Å². The molecule has 2 amide bonds. The average Bonchev–Trinajstić information content (AvgIpc) is 2.71. The van der Waals surface area contributed by atoms with Gasteiger partial charge in [0.25, 0.3) is 11.8 Å². The van der Waals surface area contributed by atoms with Gasteiger partial charge in [-0.2, -0.15) is 0 Å². The molecule has 0 aliphatic carbocycles. The number of rotatable bonds is 7. The first-order valence-electron chi connectivity index (χ1n) is 8.96. The van der Waals surface area contributed by atoms with Crippen molar-refractivity contribution in [3.05, 3.63) is 59.7 Å². The third-order valence-corrected chi connectivity index (χ3v) is 4.39. The van der Waals surface area contributed by atoms with Crippen LogP contribution < -0.4 is 20.3 Å². The van der Waals surface area contributed by atoms with Crippen LogP contribution in [0.5, 0.6) is 11.5 Å². The number of amides is 2. The van der Waals surface area contributed by atoms with Gasteiger partial charge in [-0.15, -0.1) is 0 Å². The van der Waals surface area contributed by atoms with Crippen LogP contribution >= 0.6 is 0 Å². The number of carbonyl (C=O) groups is 2. The minimum Gasteiger partial charge on any atom is -0.497 e. The summed E-state index contributed by atoms with van der Waals surface area (Å²) in [5, 5.41) is 0. The predicted octanol–water partition coefficient (Wildman–Crippen LogP) is 3.44. The van der Waals surface area contributed by atoms with Gasteiger partial charge in [0, 0.05) is 5.56 Å². The molecule has 0 radical (unpaired) electrons. The van der Waals surface area contributed by atoms with Crippen LogP contribution in [0.25, 0.3) is 0 Å². The highest BCUT2D eigenvalue weighted by Gasteiger charge is 2.18. The second-order valence-corrected chi connectivity index (χ2v) is 6.28. The van der Waals surface area contributed by atoms with Crippen molar-refractivity contribution in [2.45, 2.75) is 39.2 Å². The highest BCUT2D eigenvalue weighted by Crippen LogP contribution is 2.29. The molecule has 6 heteroatoms. The molecule has 0 aromatic heterocycles. The van der Waals surface area contributed by atoms with Crippen LogP contribution in [0.1, 0.15) is 49.0 Å². The molecule has 0 bridgehead atoms. The number of hydrogen-bond acceptors (Lipinski definition) is 4. The summed E-state index contributed by atoms with van der Waals surface area (Å²) in [6.45, 7) is 5.86. The van der Waals surface area contributed by atoms with Gasteiger partial charge in [0.05, 0.1) is 7.11 Å². The van der Waals surface area contributed by atoms with Gasteiger partial charge < -0.3 is 9.47 Å². The lowest BCUT2D eigenvalue weighted by molar-refractivity contribution is -0.128. The van der Waals surface area contributed by atoms with Gasteiger partial charge in [-0.1, -0.05) is 32.0 Å². The molecule has 2 aromatic rings. The lowest BCUT2D eigenvalue weighted by Gasteiger charge is -2.19. The highest BCUT2D eigenvalue weighted by atomic mass is 16.5. The Hall–Kier alpha value is -3.02. The molecular formula is C21H26N2O4. The van der Waals surface area contributed by atoms with Crippen molar-refractivity contribution in [1.29, 1.82) is 0 Å². The van der Waals surface area contributed by atoms with Crippen molar-refractivity contribution >= 4 is 11.8 Å². The van der Waals surface area contributed by atoms with Crippen LogP contribution in [0.2, 0.25) is 0 Å². The maximum atomic E-state index is 12.3. The van der Waals surface area contributed by atoms with Crippen LogP contribution in [0.15, 0.2) is 48.5 Å². The van der Waals surface area contributed by atoms with E-state index in [1.807, 2.05) is 24.3 Å². The summed E-state index contributed by atoms with van der Waals surface area (Å²) in [5.74, 6) is 0.800. The monoisotopic (exact) mass is 370 g/mol. The molecule has 2 N–H and O–H groups in total. The number of para-hydroxylation sites is 1. The Balaban J connectivity index is 1.93. The second-order valence-electron chi connectivity index (χ2n) is 6.28. The highest BCUT2D eigenvalue weighted by molar-refractivity contribution is 5.95. The normalized spacial score (nSPS) is 12.6. The Labute approximate surface area is 159 Å². The Morgan fingerprint density at radius 1 is 1.00 bits per heavy atom. The molecule has 0 saturated carbocycles. The zero-order valence-electron chi connectivity index (χ0n) is 16.1. The molecule has 27 heavy (non-hydrogen) atoms. The van der Waals surface area contributed by atoms with Crippen LogP contribution in [0.3, 0.4) is 0 Å². The van der Waals surface area contributed by atoms with E-state index in [-0.39, 0.29) is 0 Å². The smallest absolute Gasteiger partial charge is 0.279 e. The minimum absolute atomic E-state index is 0.325. The molecule has 0 aliphatic heterocycles. The van der Waals surface area contributed by atoms with Gasteiger partial charge in [-0.3, -0.25) is 20.4 Å². The molecule has 0 aliphatic rings. The number of nitrogens with one attached hydrogen (secondary N) is 2. The van der Waals surface area contributed by atoms with Crippen molar-refractivity contribution < 1.29 is 19.1 Å². The number of carbonyl (C=O) groups excluding carboxylic acids is 2. The van der Waals surface area contributed by atoms with Gasteiger partial charge in [0.15, 0.2) is 6.10 Å². The number of ether oxygens (including phenoxy) is 2. The fourth-order valence-corrected chi connectivity index (χ4v) is 2.49. The zero-order valence-corrected chi connectivity index (χ0v) is 16.1. The maximum Gasteiger partial charge on any atom is 0.279 e. The Morgan fingerprint density at radius 3 is 2.30 bits per heavy atom. The Kier molecular flexibility index (Phi) is 7.23. The molecule has 0 spiro atoms. The van der Waals surface area contributed by atoms with Gasteiger partial charge in [-0.25, -0.2) is 0 Å². The van der Waals surface area contributed by atoms with E-state index in [4.69, 9.17) is 9.47 Å². The third-order valence-electron chi connectivity index (χ3n) is 4.39. The van der Waals surface area contributed by atoms with Crippen molar-refractivity contribution in [3.8, 4) is 11.5 Å². The SMILES string of the molecule is CCC(C)c1ccccc1OC(C)C(=O)NNC(=O)c1ccc(OC)cc1. The van der Waals surface area contributed by atoms with E-state index in [1.165, 1.54) is 0 Å². The van der Waals surface area contributed by atoms with Crippen molar-refractivity contribution in [1.82, 2.24) is 10.9 Å². The summed E-state index contributed by atoms with van der Waals surface area (Å²) < 4.78 is 10.9. The fraction of sp³-hybridized carbons (Fsp3) is 0.333. The molecular weight excluding hydrogens is 344 g/mol. The molecule has 2 atom stereocenters. The molecule has 0 fully saturated rings. The van der Waals surface area contributed by atoms with E-state index in [0.717, 1.165) is 12.0 Å². The number of methoxy groups -OCH3 is 1. The summed E-state index contributed by atoms with van der Waals surface area (Å²) in [4.78, 5) is 24.4. The fourth-order valence-electron chi connectivity index (χ4n) is 2.49. The summed E-state index contributed by atoms with van der Waals surface area (Å²) in [7, 11) is 1.55. The molecule has 0 heterocycles. The number of benzene rings is 2. The van der Waals surface area contributed by atoms with E-state index in [9.17, 15) is 9.59 Å².